The number of nitrogens with zero attached hydrogens (tertiary/aromatic N) is 2. The van der Waals surface area contributed by atoms with Crippen LogP contribution < -0.4 is 10.2 Å². The number of nitrogens with one attached hydrogen (secondary N) is 1. The van der Waals surface area contributed by atoms with E-state index in [0.717, 1.165) is 15.7 Å². The quantitative estimate of drug-likeness (QED) is 0.805. The van der Waals surface area contributed by atoms with Crippen LogP contribution in [-0.2, 0) is 9.59 Å². The largest absolute Gasteiger partial charge is 0.336 e. The highest BCUT2D eigenvalue weighted by atomic mass is 79.9. The number of hydrogen-bond acceptors (Lipinski definition) is 3. The predicted molar refractivity (Wildman–Crippen MR) is 102 cm³/mol. The summed E-state index contributed by atoms with van der Waals surface area (Å²) in [6, 6.07) is 12.2. The average Bonchev–Trinajstić information content (AvgIpc) is 3.04. The fourth-order valence-electron chi connectivity index (χ4n) is 3.08. The van der Waals surface area contributed by atoms with Crippen LogP contribution in [0, 0.1) is 30.0 Å². The van der Waals surface area contributed by atoms with Gasteiger partial charge < -0.3 is 10.2 Å². The van der Waals surface area contributed by atoms with Crippen LogP contribution in [0.25, 0.3) is 0 Å². The van der Waals surface area contributed by atoms with E-state index < -0.39 is 23.7 Å². The van der Waals surface area contributed by atoms with Crippen LogP contribution in [0.15, 0.2) is 46.9 Å². The minimum Gasteiger partial charge on any atom is -0.336 e. The van der Waals surface area contributed by atoms with Gasteiger partial charge >= 0.3 is 0 Å². The van der Waals surface area contributed by atoms with Crippen molar-refractivity contribution >= 4 is 33.4 Å². The number of carbonyl (C=O) groups excluding carboxylic acids is 2. The summed E-state index contributed by atoms with van der Waals surface area (Å²) in [5.41, 5.74) is 1.82. The van der Waals surface area contributed by atoms with Crippen LogP contribution in [-0.4, -0.2) is 18.4 Å². The van der Waals surface area contributed by atoms with Crippen LogP contribution in [0.4, 0.5) is 10.1 Å². The summed E-state index contributed by atoms with van der Waals surface area (Å²) in [5.74, 6) is -1.74. The first-order valence-electron chi connectivity index (χ1n) is 8.41. The number of rotatable bonds is 4. The number of hydrogen-bond donors (Lipinski definition) is 1. The summed E-state index contributed by atoms with van der Waals surface area (Å²) in [4.78, 5) is 26.5. The van der Waals surface area contributed by atoms with E-state index in [1.807, 2.05) is 31.2 Å². The topological polar surface area (TPSA) is 73.2 Å². The van der Waals surface area contributed by atoms with Crippen LogP contribution in [0.2, 0.25) is 0 Å². The highest BCUT2D eigenvalue weighted by Crippen LogP contribution is 2.29. The highest BCUT2D eigenvalue weighted by Gasteiger charge is 2.36. The number of benzene rings is 2. The molecule has 0 aromatic heterocycles. The summed E-state index contributed by atoms with van der Waals surface area (Å²) in [5, 5.41) is 11.9. The number of nitriles is 1. The van der Waals surface area contributed by atoms with Gasteiger partial charge in [-0.1, -0.05) is 34.1 Å². The normalized spacial score (nSPS) is 17.5. The molecule has 0 saturated carbocycles. The summed E-state index contributed by atoms with van der Waals surface area (Å²) >= 11 is 3.42. The molecule has 0 radical (unpaired) electrons. The molecule has 1 aliphatic heterocycles. The van der Waals surface area contributed by atoms with Crippen molar-refractivity contribution in [3.63, 3.8) is 0 Å². The first-order chi connectivity index (χ1) is 12.9. The molecule has 2 amide bonds. The zero-order valence-electron chi connectivity index (χ0n) is 14.6. The third kappa shape index (κ3) is 4.01. The van der Waals surface area contributed by atoms with Gasteiger partial charge in [-0.2, -0.15) is 5.26 Å². The predicted octanol–water partition coefficient (Wildman–Crippen LogP) is 3.63. The van der Waals surface area contributed by atoms with Gasteiger partial charge in [0.1, 0.15) is 11.9 Å². The molecule has 1 heterocycles. The number of anilines is 1. The number of halogens is 2. The van der Waals surface area contributed by atoms with Gasteiger partial charge in [-0.3, -0.25) is 9.59 Å². The molecule has 2 aromatic rings. The molecule has 0 aliphatic carbocycles. The molecule has 5 nitrogen and oxygen atoms in total. The Balaban J connectivity index is 1.73. The summed E-state index contributed by atoms with van der Waals surface area (Å²) in [6.07, 6.45) is 0.0519. The maximum atomic E-state index is 13.9. The van der Waals surface area contributed by atoms with Gasteiger partial charge in [0.25, 0.3) is 0 Å². The Bertz CT molecular complexity index is 941. The Morgan fingerprint density at radius 2 is 2.11 bits per heavy atom. The van der Waals surface area contributed by atoms with Gasteiger partial charge in [0.15, 0.2) is 0 Å². The Morgan fingerprint density at radius 1 is 1.37 bits per heavy atom. The Morgan fingerprint density at radius 3 is 2.78 bits per heavy atom. The average molecular weight is 430 g/mol. The van der Waals surface area contributed by atoms with Crippen molar-refractivity contribution in [3.8, 4) is 6.07 Å². The molecule has 2 unspecified atom stereocenters. The van der Waals surface area contributed by atoms with E-state index in [-0.39, 0.29) is 24.4 Å². The van der Waals surface area contributed by atoms with Gasteiger partial charge in [-0.25, -0.2) is 4.39 Å². The van der Waals surface area contributed by atoms with Crippen LogP contribution >= 0.6 is 15.9 Å². The van der Waals surface area contributed by atoms with Gasteiger partial charge in [-0.15, -0.1) is 0 Å². The van der Waals surface area contributed by atoms with E-state index >= 15 is 0 Å². The molecule has 0 bridgehead atoms. The van der Waals surface area contributed by atoms with Crippen molar-refractivity contribution in [1.29, 1.82) is 5.26 Å². The molecule has 3 rings (SSSR count). The lowest BCUT2D eigenvalue weighted by atomic mass is 10.0. The van der Waals surface area contributed by atoms with Crippen LogP contribution in [0.1, 0.15) is 23.6 Å². The molecule has 0 spiro atoms. The molecule has 27 heavy (non-hydrogen) atoms. The van der Waals surface area contributed by atoms with Gasteiger partial charge in [0.2, 0.25) is 11.8 Å². The number of aryl methyl sites for hydroxylation is 1. The second-order valence-corrected chi connectivity index (χ2v) is 7.29. The Hall–Kier alpha value is -2.72. The second kappa shape index (κ2) is 7.89. The molecule has 1 aliphatic rings. The van der Waals surface area contributed by atoms with Crippen molar-refractivity contribution in [3.05, 3.63) is 63.9 Å². The van der Waals surface area contributed by atoms with E-state index in [4.69, 9.17) is 0 Å². The van der Waals surface area contributed by atoms with E-state index in [1.165, 1.54) is 18.2 Å². The lowest BCUT2D eigenvalue weighted by Gasteiger charge is -2.18. The molecule has 2 atom stereocenters. The first kappa shape index (κ1) is 19.1. The Kier molecular flexibility index (Phi) is 5.57. The molecule has 2 aromatic carbocycles. The maximum Gasteiger partial charge on any atom is 0.227 e. The number of amides is 2. The summed E-state index contributed by atoms with van der Waals surface area (Å²) < 4.78 is 14.8. The zero-order valence-corrected chi connectivity index (χ0v) is 16.2. The van der Waals surface area contributed by atoms with E-state index in [9.17, 15) is 19.2 Å². The molecule has 7 heteroatoms. The summed E-state index contributed by atoms with van der Waals surface area (Å²) in [6.45, 7) is 2.14. The molecule has 1 N–H and O–H groups in total. The van der Waals surface area contributed by atoms with Crippen molar-refractivity contribution in [2.75, 3.05) is 11.4 Å². The lowest BCUT2D eigenvalue weighted by Crippen LogP contribution is -2.35. The van der Waals surface area contributed by atoms with E-state index in [1.54, 1.807) is 11.0 Å². The molecule has 1 fully saturated rings. The van der Waals surface area contributed by atoms with Gasteiger partial charge in [0.05, 0.1) is 12.0 Å². The molecule has 138 valence electrons. The SMILES string of the molecule is Cc1cc(N2CC(C(=O)NC(C#N)c3ccccc3F)CC2=O)ccc1Br. The standard InChI is InChI=1S/C20H17BrFN3O2/c1-12-8-14(6-7-16(12)21)25-11-13(9-19(25)26)20(27)24-18(10-23)15-4-2-3-5-17(15)22/h2-8,13,18H,9,11H2,1H3,(H,24,27). The third-order valence-electron chi connectivity index (χ3n) is 4.58. The van der Waals surface area contributed by atoms with E-state index in [2.05, 4.69) is 21.2 Å². The fraction of sp³-hybridized carbons (Fsp3) is 0.250. The van der Waals surface area contributed by atoms with E-state index in [0.29, 0.717) is 0 Å². The minimum absolute atomic E-state index is 0.0519. The third-order valence-corrected chi connectivity index (χ3v) is 5.47. The van der Waals surface area contributed by atoms with Crippen molar-refractivity contribution in [2.24, 2.45) is 5.92 Å². The number of carbonyl (C=O) groups is 2. The van der Waals surface area contributed by atoms with Crippen LogP contribution in [0.3, 0.4) is 0 Å². The molecular weight excluding hydrogens is 413 g/mol. The molecule has 1 saturated heterocycles. The second-order valence-electron chi connectivity index (χ2n) is 6.43. The van der Waals surface area contributed by atoms with Gasteiger partial charge in [0, 0.05) is 28.7 Å². The van der Waals surface area contributed by atoms with Gasteiger partial charge in [-0.05, 0) is 36.8 Å². The molecular formula is C20H17BrFN3O2. The van der Waals surface area contributed by atoms with Crippen molar-refractivity contribution < 1.29 is 14.0 Å². The fourth-order valence-corrected chi connectivity index (χ4v) is 3.33. The lowest BCUT2D eigenvalue weighted by molar-refractivity contribution is -0.126. The van der Waals surface area contributed by atoms with Crippen LogP contribution in [0.5, 0.6) is 0 Å². The zero-order chi connectivity index (χ0) is 19.6. The minimum atomic E-state index is -1.10. The Labute approximate surface area is 164 Å². The van der Waals surface area contributed by atoms with Crippen molar-refractivity contribution in [1.82, 2.24) is 5.32 Å². The smallest absolute Gasteiger partial charge is 0.227 e. The highest BCUT2D eigenvalue weighted by molar-refractivity contribution is 9.10. The first-order valence-corrected chi connectivity index (χ1v) is 9.21. The summed E-state index contributed by atoms with van der Waals surface area (Å²) in [7, 11) is 0. The monoisotopic (exact) mass is 429 g/mol. The van der Waals surface area contributed by atoms with Crippen molar-refractivity contribution in [2.45, 2.75) is 19.4 Å². The maximum absolute atomic E-state index is 13.9.